The minimum absolute atomic E-state index is 0. The fraction of sp³-hybridized carbons (Fsp3) is 0.229. The van der Waals surface area contributed by atoms with E-state index >= 15 is 4.39 Å². The molecule has 0 radical (unpaired) electrons. The molecule has 4 nitrogen and oxygen atoms in total. The summed E-state index contributed by atoms with van der Waals surface area (Å²) in [5.74, 6) is -2.00. The molecule has 0 fully saturated rings. The van der Waals surface area contributed by atoms with Crippen LogP contribution < -0.4 is 0 Å². The summed E-state index contributed by atoms with van der Waals surface area (Å²) in [4.78, 5) is 12.5. The van der Waals surface area contributed by atoms with Gasteiger partial charge in [0.05, 0.1) is 5.69 Å². The summed E-state index contributed by atoms with van der Waals surface area (Å²) < 4.78 is 30.1. The molecule has 0 aliphatic carbocycles. The van der Waals surface area contributed by atoms with E-state index < -0.39 is 11.9 Å². The topological polar surface area (TPSA) is 58.9 Å². The third-order valence-electron chi connectivity index (χ3n) is 7.04. The average Bonchev–Trinajstić information content (AvgIpc) is 2.92. The number of halogens is 2. The third kappa shape index (κ3) is 6.49. The van der Waals surface area contributed by atoms with E-state index in [9.17, 15) is 9.50 Å². The summed E-state index contributed by atoms with van der Waals surface area (Å²) >= 11 is 0. The number of rotatable bonds is 4. The van der Waals surface area contributed by atoms with E-state index in [-0.39, 0.29) is 60.2 Å². The minimum atomic E-state index is -1.03. The van der Waals surface area contributed by atoms with Crippen molar-refractivity contribution >= 4 is 0 Å². The minimum Gasteiger partial charge on any atom is -0.507 e. The van der Waals surface area contributed by atoms with Crippen LogP contribution in [0.15, 0.2) is 79.0 Å². The van der Waals surface area contributed by atoms with E-state index in [1.54, 1.807) is 48.5 Å². The number of phenolic OH excluding ortho intramolecular Hbond substituents is 1. The number of aromatic hydroxyl groups is 1. The SMILES string of the molecule is CC(C)(C)c1cc(-c2cc(-c3[c-]c(-c4ccccn4)c(F)nc3F)nc(-c3ccccc3O)c2)cc(C(C)(C)C)c1.[Pt]. The Kier molecular flexibility index (Phi) is 8.80. The standard InChI is InChI=1S/C35H32F2N3O.Pt/c1-34(2,3)23-15-21(16-24(19-23)35(4,5)6)22-17-29(25-11-7-8-13-31(25)41)39-30(18-22)27-20-26(32(36)40-33(27)37)28-12-9-10-14-38-28;/h7-19,41H,1-6H3;/q-1;. The van der Waals surface area contributed by atoms with Crippen LogP contribution >= 0.6 is 0 Å². The Labute approximate surface area is 260 Å². The van der Waals surface area contributed by atoms with Gasteiger partial charge in [-0.3, -0.25) is 15.0 Å². The van der Waals surface area contributed by atoms with E-state index in [0.717, 1.165) is 22.3 Å². The predicted octanol–water partition coefficient (Wildman–Crippen LogP) is 8.92. The largest absolute Gasteiger partial charge is 0.507 e. The molecule has 0 amide bonds. The van der Waals surface area contributed by atoms with Gasteiger partial charge in [0, 0.05) is 44.2 Å². The molecule has 7 heteroatoms. The van der Waals surface area contributed by atoms with Gasteiger partial charge < -0.3 is 5.11 Å². The maximum absolute atomic E-state index is 15.3. The zero-order chi connectivity index (χ0) is 29.5. The Hall–Kier alpha value is -3.76. The Balaban J connectivity index is 0.00000405. The molecule has 0 unspecified atom stereocenters. The Morgan fingerprint density at radius 1 is 0.643 bits per heavy atom. The molecule has 2 aromatic carbocycles. The molecule has 0 atom stereocenters. The molecular weight excluding hydrogens is 711 g/mol. The normalized spacial score (nSPS) is 11.7. The summed E-state index contributed by atoms with van der Waals surface area (Å²) in [6.45, 7) is 13.0. The van der Waals surface area contributed by atoms with Crippen molar-refractivity contribution in [1.82, 2.24) is 15.0 Å². The van der Waals surface area contributed by atoms with E-state index in [1.165, 1.54) is 6.20 Å². The maximum atomic E-state index is 15.3. The first-order chi connectivity index (χ1) is 19.3. The molecule has 0 saturated carbocycles. The molecule has 42 heavy (non-hydrogen) atoms. The van der Waals surface area contributed by atoms with Gasteiger partial charge in [-0.1, -0.05) is 90.1 Å². The van der Waals surface area contributed by atoms with Crippen molar-refractivity contribution in [2.24, 2.45) is 0 Å². The molecule has 5 rings (SSSR count). The molecular formula is C35H32F2N3OPt-. The molecule has 3 aromatic heterocycles. The van der Waals surface area contributed by atoms with Gasteiger partial charge >= 0.3 is 0 Å². The van der Waals surface area contributed by atoms with Gasteiger partial charge in [0.15, 0.2) is 0 Å². The summed E-state index contributed by atoms with van der Waals surface area (Å²) in [7, 11) is 0. The second-order valence-electron chi connectivity index (χ2n) is 12.2. The van der Waals surface area contributed by atoms with Gasteiger partial charge in [-0.05, 0) is 68.5 Å². The zero-order valence-electron chi connectivity index (χ0n) is 24.4. The number of pyridine rings is 3. The van der Waals surface area contributed by atoms with Crippen molar-refractivity contribution in [3.63, 3.8) is 0 Å². The fourth-order valence-corrected chi connectivity index (χ4v) is 4.59. The maximum Gasteiger partial charge on any atom is 0.148 e. The number of phenols is 1. The van der Waals surface area contributed by atoms with Crippen molar-refractivity contribution in [1.29, 1.82) is 0 Å². The van der Waals surface area contributed by atoms with E-state index in [4.69, 9.17) is 4.98 Å². The molecule has 0 aliphatic rings. The molecule has 0 spiro atoms. The molecule has 0 bridgehead atoms. The summed E-state index contributed by atoms with van der Waals surface area (Å²) in [5, 5.41) is 10.7. The number of aromatic nitrogens is 3. The van der Waals surface area contributed by atoms with Gasteiger partial charge in [0.2, 0.25) is 0 Å². The predicted molar refractivity (Wildman–Crippen MR) is 159 cm³/mol. The van der Waals surface area contributed by atoms with Gasteiger partial charge in [-0.2, -0.15) is 0 Å². The molecule has 218 valence electrons. The van der Waals surface area contributed by atoms with Crippen LogP contribution in [-0.4, -0.2) is 20.1 Å². The summed E-state index contributed by atoms with van der Waals surface area (Å²) in [6, 6.07) is 24.9. The molecule has 0 aliphatic heterocycles. The summed E-state index contributed by atoms with van der Waals surface area (Å²) in [6.07, 6.45) is 1.52. The zero-order valence-corrected chi connectivity index (χ0v) is 26.6. The van der Waals surface area contributed by atoms with Crippen LogP contribution in [0.25, 0.3) is 44.9 Å². The van der Waals surface area contributed by atoms with Crippen molar-refractivity contribution < 1.29 is 35.0 Å². The van der Waals surface area contributed by atoms with Crippen LogP contribution in [0.5, 0.6) is 5.75 Å². The van der Waals surface area contributed by atoms with Crippen molar-refractivity contribution in [3.05, 3.63) is 108 Å². The third-order valence-corrected chi connectivity index (χ3v) is 7.04. The summed E-state index contributed by atoms with van der Waals surface area (Å²) in [5.41, 5.74) is 5.02. The van der Waals surface area contributed by atoms with E-state index in [0.29, 0.717) is 11.3 Å². The number of hydrogen-bond donors (Lipinski definition) is 1. The van der Waals surface area contributed by atoms with Crippen LogP contribution in [0.1, 0.15) is 52.7 Å². The smallest absolute Gasteiger partial charge is 0.148 e. The monoisotopic (exact) mass is 743 g/mol. The van der Waals surface area contributed by atoms with Gasteiger partial charge in [0.25, 0.3) is 0 Å². The number of hydrogen-bond acceptors (Lipinski definition) is 4. The van der Waals surface area contributed by atoms with Gasteiger partial charge in [0.1, 0.15) is 17.6 Å². The van der Waals surface area contributed by atoms with Crippen LogP contribution in [-0.2, 0) is 31.9 Å². The van der Waals surface area contributed by atoms with Crippen molar-refractivity contribution in [2.45, 2.75) is 52.4 Å². The van der Waals surface area contributed by atoms with Crippen LogP contribution in [0.2, 0.25) is 0 Å². The Morgan fingerprint density at radius 2 is 1.19 bits per heavy atom. The van der Waals surface area contributed by atoms with Crippen LogP contribution in [0, 0.1) is 18.0 Å². The number of benzene rings is 2. The van der Waals surface area contributed by atoms with Crippen LogP contribution in [0.4, 0.5) is 8.78 Å². The van der Waals surface area contributed by atoms with Gasteiger partial charge in [-0.15, -0.1) is 6.07 Å². The first kappa shape index (κ1) is 31.2. The first-order valence-corrected chi connectivity index (χ1v) is 13.5. The van der Waals surface area contributed by atoms with Crippen LogP contribution in [0.3, 0.4) is 0 Å². The van der Waals surface area contributed by atoms with Crippen molar-refractivity contribution in [3.8, 4) is 50.6 Å². The Bertz CT molecular complexity index is 1710. The fourth-order valence-electron chi connectivity index (χ4n) is 4.59. The Morgan fingerprint density at radius 3 is 1.76 bits per heavy atom. The molecule has 5 aromatic rings. The second kappa shape index (κ2) is 11.9. The second-order valence-corrected chi connectivity index (χ2v) is 12.2. The molecule has 0 saturated heterocycles. The number of nitrogens with zero attached hydrogens (tertiary/aromatic N) is 3. The average molecular weight is 744 g/mol. The quantitative estimate of drug-likeness (QED) is 0.148. The van der Waals surface area contributed by atoms with E-state index in [2.05, 4.69) is 75.8 Å². The number of para-hydroxylation sites is 1. The molecule has 1 N–H and O–H groups in total. The van der Waals surface area contributed by atoms with E-state index in [1.807, 2.05) is 6.07 Å². The first-order valence-electron chi connectivity index (χ1n) is 13.5. The molecule has 3 heterocycles. The van der Waals surface area contributed by atoms with Crippen molar-refractivity contribution in [2.75, 3.05) is 0 Å². The van der Waals surface area contributed by atoms with Gasteiger partial charge in [-0.25, -0.2) is 8.78 Å².